The predicted molar refractivity (Wildman–Crippen MR) is 131 cm³/mol. The van der Waals surface area contributed by atoms with Gasteiger partial charge in [0.05, 0.1) is 6.42 Å². The average Bonchev–Trinajstić information content (AvgIpc) is 2.88. The molecule has 0 aromatic carbocycles. The third-order valence-corrected chi connectivity index (χ3v) is 6.62. The van der Waals surface area contributed by atoms with Crippen LogP contribution in [0.25, 0.3) is 0 Å². The minimum atomic E-state index is -0.857. The van der Waals surface area contributed by atoms with Crippen molar-refractivity contribution in [1.29, 1.82) is 0 Å². The number of amides is 4. The predicted octanol–water partition coefficient (Wildman–Crippen LogP) is 0.861. The molecule has 11 heteroatoms. The van der Waals surface area contributed by atoms with Crippen molar-refractivity contribution in [2.24, 2.45) is 11.8 Å². The quantitative estimate of drug-likeness (QED) is 0.244. The third kappa shape index (κ3) is 9.00. The summed E-state index contributed by atoms with van der Waals surface area (Å²) in [5.74, 6) is -1.83. The first kappa shape index (κ1) is 29.5. The van der Waals surface area contributed by atoms with Crippen LogP contribution in [0, 0.1) is 11.8 Å². The maximum Gasteiger partial charge on any atom is 0.328 e. The zero-order chi connectivity index (χ0) is 26.0. The van der Waals surface area contributed by atoms with Crippen molar-refractivity contribution in [2.45, 2.75) is 78.3 Å². The number of hydrogen-bond donors (Lipinski definition) is 4. The molecule has 0 aromatic rings. The molecule has 1 aliphatic heterocycles. The number of esters is 1. The van der Waals surface area contributed by atoms with Crippen LogP contribution >= 0.6 is 11.8 Å². The second-order valence-electron chi connectivity index (χ2n) is 9.15. The van der Waals surface area contributed by atoms with Gasteiger partial charge in [-0.15, -0.1) is 11.8 Å². The van der Waals surface area contributed by atoms with Crippen molar-refractivity contribution in [2.75, 3.05) is 12.4 Å². The fraction of sp³-hybridized carbons (Fsp3) is 0.696. The Hall–Kier alpha value is -2.56. The summed E-state index contributed by atoms with van der Waals surface area (Å²) in [6.07, 6.45) is 0.286. The van der Waals surface area contributed by atoms with Crippen LogP contribution in [0.3, 0.4) is 0 Å². The highest BCUT2D eigenvalue weighted by atomic mass is 32.2. The van der Waals surface area contributed by atoms with E-state index in [0.29, 0.717) is 12.2 Å². The van der Waals surface area contributed by atoms with E-state index in [1.165, 1.54) is 0 Å². The van der Waals surface area contributed by atoms with Gasteiger partial charge < -0.3 is 26.0 Å². The van der Waals surface area contributed by atoms with Crippen LogP contribution in [0.1, 0.15) is 54.9 Å². The molecule has 4 amide bonds. The highest BCUT2D eigenvalue weighted by molar-refractivity contribution is 8.00. The molecule has 0 aliphatic carbocycles. The van der Waals surface area contributed by atoms with Gasteiger partial charge in [0.1, 0.15) is 24.7 Å². The number of allylic oxidation sites excluding steroid dienone is 1. The van der Waals surface area contributed by atoms with E-state index in [1.54, 1.807) is 39.5 Å². The van der Waals surface area contributed by atoms with E-state index >= 15 is 0 Å². The van der Waals surface area contributed by atoms with Gasteiger partial charge in [-0.2, -0.15) is 0 Å². The highest BCUT2D eigenvalue weighted by Crippen LogP contribution is 2.24. The SMILES string of the molecule is CC(C)=C1NC(=O)[C@H](NC(=O)[C@H](NC(=O)CCOC(=O)C(NC=O)C(C)C)C(C)C)CSC1C. The third-order valence-electron chi connectivity index (χ3n) is 5.36. The normalized spacial score (nSPS) is 20.0. The molecule has 4 N–H and O–H groups in total. The summed E-state index contributed by atoms with van der Waals surface area (Å²) in [4.78, 5) is 60.7. The van der Waals surface area contributed by atoms with E-state index < -0.39 is 35.9 Å². The van der Waals surface area contributed by atoms with Crippen LogP contribution in [0.5, 0.6) is 0 Å². The van der Waals surface area contributed by atoms with Crippen LogP contribution in [-0.2, 0) is 28.7 Å². The lowest BCUT2D eigenvalue weighted by atomic mass is 10.0. The molecule has 4 atom stereocenters. The van der Waals surface area contributed by atoms with Gasteiger partial charge in [0.25, 0.3) is 0 Å². The summed E-state index contributed by atoms with van der Waals surface area (Å²) in [6, 6.07) is -2.38. The van der Waals surface area contributed by atoms with Crippen LogP contribution < -0.4 is 21.3 Å². The highest BCUT2D eigenvalue weighted by Gasteiger charge is 2.32. The first-order valence-electron chi connectivity index (χ1n) is 11.4. The molecule has 2 unspecified atom stereocenters. The van der Waals surface area contributed by atoms with Crippen LogP contribution in [0.15, 0.2) is 11.3 Å². The fourth-order valence-corrected chi connectivity index (χ4v) is 4.52. The molecule has 1 saturated heterocycles. The summed E-state index contributed by atoms with van der Waals surface area (Å²) < 4.78 is 5.10. The minimum Gasteiger partial charge on any atom is -0.464 e. The number of thioether (sulfide) groups is 1. The van der Waals surface area contributed by atoms with Gasteiger partial charge in [-0.3, -0.25) is 19.2 Å². The second kappa shape index (κ2) is 14.0. The molecule has 1 rings (SSSR count). The van der Waals surface area contributed by atoms with E-state index in [9.17, 15) is 24.0 Å². The van der Waals surface area contributed by atoms with Gasteiger partial charge in [-0.05, 0) is 32.6 Å². The van der Waals surface area contributed by atoms with Crippen molar-refractivity contribution in [3.05, 3.63) is 11.3 Å². The zero-order valence-corrected chi connectivity index (χ0v) is 21.8. The van der Waals surface area contributed by atoms with Gasteiger partial charge in [0.15, 0.2) is 0 Å². The number of carbonyl (C=O) groups excluding carboxylic acids is 5. The van der Waals surface area contributed by atoms with Crippen molar-refractivity contribution < 1.29 is 28.7 Å². The number of rotatable bonds is 11. The van der Waals surface area contributed by atoms with Gasteiger partial charge in [-0.25, -0.2) is 4.79 Å². The Bertz CT molecular complexity index is 794. The number of ether oxygens (including phenoxy) is 1. The summed E-state index contributed by atoms with van der Waals surface area (Å²) in [7, 11) is 0. The lowest BCUT2D eigenvalue weighted by molar-refractivity contribution is -0.149. The summed E-state index contributed by atoms with van der Waals surface area (Å²) in [5.41, 5.74) is 1.85. The zero-order valence-electron chi connectivity index (χ0n) is 21.0. The number of nitrogens with one attached hydrogen (secondary N) is 4. The van der Waals surface area contributed by atoms with E-state index in [1.807, 2.05) is 20.8 Å². The van der Waals surface area contributed by atoms with Crippen molar-refractivity contribution in [3.63, 3.8) is 0 Å². The minimum absolute atomic E-state index is 0.0937. The molecule has 34 heavy (non-hydrogen) atoms. The van der Waals surface area contributed by atoms with E-state index in [4.69, 9.17) is 4.74 Å². The Balaban J connectivity index is 2.67. The van der Waals surface area contributed by atoms with Gasteiger partial charge in [-0.1, -0.05) is 33.3 Å². The maximum absolute atomic E-state index is 12.9. The van der Waals surface area contributed by atoms with E-state index in [-0.39, 0.29) is 36.0 Å². The lowest BCUT2D eigenvalue weighted by Gasteiger charge is -2.24. The summed E-state index contributed by atoms with van der Waals surface area (Å²) >= 11 is 1.57. The molecule has 10 nitrogen and oxygen atoms in total. The topological polar surface area (TPSA) is 143 Å². The molecule has 1 aliphatic rings. The first-order chi connectivity index (χ1) is 15.9. The number of carbonyl (C=O) groups is 5. The molecular weight excluding hydrogens is 460 g/mol. The van der Waals surface area contributed by atoms with Crippen LogP contribution in [-0.4, -0.2) is 65.8 Å². The van der Waals surface area contributed by atoms with Crippen molar-refractivity contribution >= 4 is 41.9 Å². The van der Waals surface area contributed by atoms with Crippen molar-refractivity contribution in [1.82, 2.24) is 21.3 Å². The Kier molecular flexibility index (Phi) is 12.1. The Morgan fingerprint density at radius 2 is 1.76 bits per heavy atom. The van der Waals surface area contributed by atoms with Crippen LogP contribution in [0.2, 0.25) is 0 Å². The van der Waals surface area contributed by atoms with Crippen LogP contribution in [0.4, 0.5) is 0 Å². The van der Waals surface area contributed by atoms with E-state index in [2.05, 4.69) is 21.3 Å². The first-order valence-corrected chi connectivity index (χ1v) is 12.5. The molecule has 0 spiro atoms. The molecule has 1 fully saturated rings. The van der Waals surface area contributed by atoms with Gasteiger partial charge in [0.2, 0.25) is 24.1 Å². The van der Waals surface area contributed by atoms with Gasteiger partial charge >= 0.3 is 5.97 Å². The lowest BCUT2D eigenvalue weighted by Crippen LogP contribution is -2.55. The Morgan fingerprint density at radius 3 is 2.29 bits per heavy atom. The molecular formula is C23H38N4O6S. The fourth-order valence-electron chi connectivity index (χ4n) is 3.34. The molecule has 192 valence electrons. The Labute approximate surface area is 205 Å². The summed E-state index contributed by atoms with van der Waals surface area (Å²) in [5, 5.41) is 10.8. The monoisotopic (exact) mass is 498 g/mol. The number of hydrogen-bond acceptors (Lipinski definition) is 7. The maximum atomic E-state index is 12.9. The Morgan fingerprint density at radius 1 is 1.15 bits per heavy atom. The average molecular weight is 499 g/mol. The van der Waals surface area contributed by atoms with Gasteiger partial charge in [0, 0.05) is 16.7 Å². The molecule has 0 radical (unpaired) electrons. The second-order valence-corrected chi connectivity index (χ2v) is 10.5. The molecule has 0 saturated carbocycles. The van der Waals surface area contributed by atoms with Crippen molar-refractivity contribution in [3.8, 4) is 0 Å². The summed E-state index contributed by atoms with van der Waals surface area (Å²) in [6.45, 7) is 12.8. The largest absolute Gasteiger partial charge is 0.464 e. The molecule has 0 aromatic heterocycles. The van der Waals surface area contributed by atoms with E-state index in [0.717, 1.165) is 11.3 Å². The molecule has 0 bridgehead atoms. The smallest absolute Gasteiger partial charge is 0.328 e. The molecule has 1 heterocycles. The standard InChI is InChI=1S/C23H38N4O6S/c1-12(2)18-15(7)34-10-16(21(30)27-18)25-22(31)19(13(3)4)26-17(29)8-9-33-23(32)20(14(5)6)24-11-28/h11,13-16,19-20H,8-10H2,1-7H3,(H,24,28)(H,25,31)(H,26,29)(H,27,30)/t15?,16-,19-,20?/m1/s1.